The standard InChI is InChI=1S/C13H15BrN2O2/c1-3-10-13(18)15-7-12(17)16(10)11-6-4-5-9(14)8(11)2/h4-6,10H,3,7H2,1-2H3,(H,15,18). The molecule has 1 atom stereocenters. The van der Waals surface area contributed by atoms with Gasteiger partial charge >= 0.3 is 0 Å². The van der Waals surface area contributed by atoms with E-state index in [-0.39, 0.29) is 18.4 Å². The molecule has 0 radical (unpaired) electrons. The first-order chi connectivity index (χ1) is 8.56. The minimum absolute atomic E-state index is 0.0670. The van der Waals surface area contributed by atoms with E-state index in [9.17, 15) is 9.59 Å². The van der Waals surface area contributed by atoms with Crippen LogP contribution in [-0.2, 0) is 9.59 Å². The summed E-state index contributed by atoms with van der Waals surface area (Å²) in [4.78, 5) is 25.5. The number of nitrogens with one attached hydrogen (secondary N) is 1. The predicted octanol–water partition coefficient (Wildman–Crippen LogP) is 2.00. The molecule has 1 fully saturated rings. The molecule has 1 N–H and O–H groups in total. The number of piperazine rings is 1. The van der Waals surface area contributed by atoms with E-state index in [4.69, 9.17) is 0 Å². The van der Waals surface area contributed by atoms with Gasteiger partial charge in [0.1, 0.15) is 6.04 Å². The molecule has 0 aliphatic carbocycles. The summed E-state index contributed by atoms with van der Waals surface area (Å²) in [5.41, 5.74) is 1.77. The van der Waals surface area contributed by atoms with Crippen molar-refractivity contribution in [3.8, 4) is 0 Å². The molecule has 1 aliphatic heterocycles. The van der Waals surface area contributed by atoms with Crippen molar-refractivity contribution in [2.24, 2.45) is 0 Å². The van der Waals surface area contributed by atoms with Crippen LogP contribution in [0.25, 0.3) is 0 Å². The Bertz CT molecular complexity index is 502. The number of hydrogen-bond donors (Lipinski definition) is 1. The molecule has 0 spiro atoms. The van der Waals surface area contributed by atoms with Crippen molar-refractivity contribution in [2.75, 3.05) is 11.4 Å². The Kier molecular flexibility index (Phi) is 3.71. The Morgan fingerprint density at radius 1 is 1.44 bits per heavy atom. The van der Waals surface area contributed by atoms with Gasteiger partial charge in [0.2, 0.25) is 11.8 Å². The highest BCUT2D eigenvalue weighted by molar-refractivity contribution is 9.10. The van der Waals surface area contributed by atoms with Gasteiger partial charge in [-0.15, -0.1) is 0 Å². The number of amides is 2. The first-order valence-corrected chi connectivity index (χ1v) is 6.70. The van der Waals surface area contributed by atoms with Crippen LogP contribution in [0.4, 0.5) is 5.69 Å². The lowest BCUT2D eigenvalue weighted by atomic mass is 10.1. The molecule has 1 saturated heterocycles. The Balaban J connectivity index is 2.48. The van der Waals surface area contributed by atoms with Gasteiger partial charge in [-0.1, -0.05) is 28.9 Å². The molecule has 18 heavy (non-hydrogen) atoms. The molecular formula is C13H15BrN2O2. The topological polar surface area (TPSA) is 49.4 Å². The maximum absolute atomic E-state index is 12.1. The first-order valence-electron chi connectivity index (χ1n) is 5.91. The molecule has 2 rings (SSSR count). The van der Waals surface area contributed by atoms with E-state index in [1.807, 2.05) is 32.0 Å². The zero-order valence-electron chi connectivity index (χ0n) is 10.4. The Morgan fingerprint density at radius 2 is 2.17 bits per heavy atom. The number of halogens is 1. The van der Waals surface area contributed by atoms with Crippen LogP contribution in [0.2, 0.25) is 0 Å². The number of benzene rings is 1. The smallest absolute Gasteiger partial charge is 0.247 e. The zero-order valence-corrected chi connectivity index (χ0v) is 12.0. The molecule has 1 aromatic carbocycles. The van der Waals surface area contributed by atoms with Gasteiger partial charge in [0.05, 0.1) is 6.54 Å². The second kappa shape index (κ2) is 5.10. The minimum atomic E-state index is -0.417. The van der Waals surface area contributed by atoms with Crippen molar-refractivity contribution in [1.29, 1.82) is 0 Å². The summed E-state index contributed by atoms with van der Waals surface area (Å²) in [5, 5.41) is 2.62. The third-order valence-electron chi connectivity index (χ3n) is 3.18. The average molecular weight is 311 g/mol. The number of hydrogen-bond acceptors (Lipinski definition) is 2. The fraction of sp³-hybridized carbons (Fsp3) is 0.385. The second-order valence-corrected chi connectivity index (χ2v) is 5.14. The lowest BCUT2D eigenvalue weighted by Gasteiger charge is -2.35. The van der Waals surface area contributed by atoms with Crippen LogP contribution in [-0.4, -0.2) is 24.4 Å². The van der Waals surface area contributed by atoms with Crippen LogP contribution in [0, 0.1) is 6.92 Å². The van der Waals surface area contributed by atoms with Gasteiger partial charge in [-0.25, -0.2) is 0 Å². The highest BCUT2D eigenvalue weighted by Gasteiger charge is 2.34. The van der Waals surface area contributed by atoms with Crippen LogP contribution in [0.1, 0.15) is 18.9 Å². The van der Waals surface area contributed by atoms with Crippen LogP contribution in [0.3, 0.4) is 0 Å². The Morgan fingerprint density at radius 3 is 2.83 bits per heavy atom. The van der Waals surface area contributed by atoms with E-state index >= 15 is 0 Å². The minimum Gasteiger partial charge on any atom is -0.345 e. The molecule has 1 aliphatic rings. The molecule has 96 valence electrons. The SMILES string of the molecule is CCC1C(=O)NCC(=O)N1c1cccc(Br)c1C. The monoisotopic (exact) mass is 310 g/mol. The largest absolute Gasteiger partial charge is 0.345 e. The van der Waals surface area contributed by atoms with Gasteiger partial charge in [-0.05, 0) is 31.0 Å². The fourth-order valence-electron chi connectivity index (χ4n) is 2.18. The van der Waals surface area contributed by atoms with Crippen molar-refractivity contribution in [1.82, 2.24) is 5.32 Å². The van der Waals surface area contributed by atoms with E-state index in [0.717, 1.165) is 15.7 Å². The number of carbonyl (C=O) groups is 2. The summed E-state index contributed by atoms with van der Waals surface area (Å²) in [7, 11) is 0. The van der Waals surface area contributed by atoms with Gasteiger partial charge in [0, 0.05) is 10.2 Å². The third-order valence-corrected chi connectivity index (χ3v) is 4.04. The van der Waals surface area contributed by atoms with Crippen molar-refractivity contribution in [3.05, 3.63) is 28.2 Å². The molecule has 5 heteroatoms. The molecule has 4 nitrogen and oxygen atoms in total. The summed E-state index contributed by atoms with van der Waals surface area (Å²) in [6, 6.07) is 5.26. The second-order valence-electron chi connectivity index (χ2n) is 4.29. The summed E-state index contributed by atoms with van der Waals surface area (Å²) in [6.45, 7) is 3.91. The highest BCUT2D eigenvalue weighted by Crippen LogP contribution is 2.29. The van der Waals surface area contributed by atoms with E-state index in [1.54, 1.807) is 4.90 Å². The first kappa shape index (κ1) is 13.1. The molecule has 1 aromatic rings. The maximum Gasteiger partial charge on any atom is 0.247 e. The van der Waals surface area contributed by atoms with Gasteiger partial charge in [0.25, 0.3) is 0 Å². The van der Waals surface area contributed by atoms with E-state index < -0.39 is 6.04 Å². The highest BCUT2D eigenvalue weighted by atomic mass is 79.9. The Hall–Kier alpha value is -1.36. The summed E-state index contributed by atoms with van der Waals surface area (Å²) in [5.74, 6) is -0.154. The molecular weight excluding hydrogens is 296 g/mol. The molecule has 1 unspecified atom stereocenters. The van der Waals surface area contributed by atoms with Crippen molar-refractivity contribution in [2.45, 2.75) is 26.3 Å². The van der Waals surface area contributed by atoms with Crippen molar-refractivity contribution >= 4 is 33.4 Å². The molecule has 1 heterocycles. The summed E-state index contributed by atoms with van der Waals surface area (Å²) < 4.78 is 0.939. The number of carbonyl (C=O) groups excluding carboxylic acids is 2. The van der Waals surface area contributed by atoms with Crippen LogP contribution in [0.15, 0.2) is 22.7 Å². The summed E-state index contributed by atoms with van der Waals surface area (Å²) >= 11 is 3.45. The Labute approximate surface area is 114 Å². The lowest BCUT2D eigenvalue weighted by Crippen LogP contribution is -2.58. The maximum atomic E-state index is 12.1. The number of anilines is 1. The van der Waals surface area contributed by atoms with Gasteiger partial charge in [-0.3, -0.25) is 14.5 Å². The molecule has 0 saturated carbocycles. The van der Waals surface area contributed by atoms with Gasteiger partial charge < -0.3 is 5.32 Å². The number of nitrogens with zero attached hydrogens (tertiary/aromatic N) is 1. The van der Waals surface area contributed by atoms with Crippen LogP contribution < -0.4 is 10.2 Å². The normalized spacial score (nSPS) is 19.9. The van der Waals surface area contributed by atoms with E-state index in [2.05, 4.69) is 21.2 Å². The molecule has 2 amide bonds. The molecule has 0 bridgehead atoms. The van der Waals surface area contributed by atoms with E-state index in [0.29, 0.717) is 6.42 Å². The van der Waals surface area contributed by atoms with Gasteiger partial charge in [-0.2, -0.15) is 0 Å². The number of rotatable bonds is 2. The third kappa shape index (κ3) is 2.14. The fourth-order valence-corrected chi connectivity index (χ4v) is 2.54. The van der Waals surface area contributed by atoms with Gasteiger partial charge in [0.15, 0.2) is 0 Å². The van der Waals surface area contributed by atoms with E-state index in [1.165, 1.54) is 0 Å². The molecule has 0 aromatic heterocycles. The lowest BCUT2D eigenvalue weighted by molar-refractivity contribution is -0.131. The van der Waals surface area contributed by atoms with Crippen molar-refractivity contribution < 1.29 is 9.59 Å². The summed E-state index contributed by atoms with van der Waals surface area (Å²) in [6.07, 6.45) is 0.601. The quantitative estimate of drug-likeness (QED) is 0.908. The van der Waals surface area contributed by atoms with Crippen LogP contribution >= 0.6 is 15.9 Å². The average Bonchev–Trinajstić information content (AvgIpc) is 2.36. The zero-order chi connectivity index (χ0) is 13.3. The predicted molar refractivity (Wildman–Crippen MR) is 73.5 cm³/mol. The van der Waals surface area contributed by atoms with Crippen molar-refractivity contribution in [3.63, 3.8) is 0 Å². The van der Waals surface area contributed by atoms with Crippen LogP contribution in [0.5, 0.6) is 0 Å².